The third-order valence-electron chi connectivity index (χ3n) is 4.50. The van der Waals surface area contributed by atoms with Gasteiger partial charge in [0.15, 0.2) is 5.78 Å². The van der Waals surface area contributed by atoms with E-state index in [1.165, 1.54) is 0 Å². The van der Waals surface area contributed by atoms with Crippen molar-refractivity contribution < 1.29 is 14.3 Å². The Morgan fingerprint density at radius 1 is 1.29 bits per heavy atom. The highest BCUT2D eigenvalue weighted by Crippen LogP contribution is 2.46. The molecular formula is C14H16O3. The maximum absolute atomic E-state index is 11.8. The summed E-state index contributed by atoms with van der Waals surface area (Å²) >= 11 is 0. The minimum atomic E-state index is -0.274. The van der Waals surface area contributed by atoms with Gasteiger partial charge in [-0.15, -0.1) is 0 Å². The van der Waals surface area contributed by atoms with Crippen molar-refractivity contribution in [2.45, 2.75) is 25.9 Å². The quantitative estimate of drug-likeness (QED) is 0.473. The zero-order valence-electron chi connectivity index (χ0n) is 9.89. The van der Waals surface area contributed by atoms with Crippen molar-refractivity contribution >= 4 is 11.8 Å². The van der Waals surface area contributed by atoms with Crippen molar-refractivity contribution in [2.75, 3.05) is 0 Å². The summed E-state index contributed by atoms with van der Waals surface area (Å²) in [6, 6.07) is 0. The summed E-state index contributed by atoms with van der Waals surface area (Å²) in [5, 5.41) is 0. The number of ketones is 1. The molecule has 3 aliphatic rings. The van der Waals surface area contributed by atoms with Crippen LogP contribution in [0.3, 0.4) is 0 Å². The van der Waals surface area contributed by atoms with E-state index in [0.29, 0.717) is 17.4 Å². The maximum Gasteiger partial charge on any atom is 0.334 e. The van der Waals surface area contributed by atoms with Crippen LogP contribution < -0.4 is 0 Å². The Morgan fingerprint density at radius 3 is 2.82 bits per heavy atom. The molecule has 0 radical (unpaired) electrons. The van der Waals surface area contributed by atoms with Gasteiger partial charge in [-0.05, 0) is 30.8 Å². The number of hydrogen-bond donors (Lipinski definition) is 0. The van der Waals surface area contributed by atoms with Gasteiger partial charge in [-0.1, -0.05) is 19.6 Å². The van der Waals surface area contributed by atoms with Gasteiger partial charge in [-0.3, -0.25) is 4.79 Å². The van der Waals surface area contributed by atoms with E-state index in [4.69, 9.17) is 4.74 Å². The Hall–Kier alpha value is -1.38. The monoisotopic (exact) mass is 232 g/mol. The van der Waals surface area contributed by atoms with Crippen LogP contribution in [0.15, 0.2) is 24.3 Å². The molecule has 3 nitrogen and oxygen atoms in total. The highest BCUT2D eigenvalue weighted by Gasteiger charge is 2.47. The molecule has 0 bridgehead atoms. The summed E-state index contributed by atoms with van der Waals surface area (Å²) in [5.41, 5.74) is 0.558. The zero-order chi connectivity index (χ0) is 12.2. The van der Waals surface area contributed by atoms with Crippen LogP contribution in [0.1, 0.15) is 19.8 Å². The Balaban J connectivity index is 1.92. The Kier molecular flexibility index (Phi) is 2.25. The van der Waals surface area contributed by atoms with Crippen LogP contribution in [-0.4, -0.2) is 17.9 Å². The molecule has 1 saturated carbocycles. The molecule has 2 fully saturated rings. The minimum absolute atomic E-state index is 0.0336. The minimum Gasteiger partial charge on any atom is -0.458 e. The van der Waals surface area contributed by atoms with E-state index in [9.17, 15) is 9.59 Å². The number of allylic oxidation sites excluding steroid dienone is 2. The Bertz CT molecular complexity index is 435. The standard InChI is InChI=1S/C14H16O3/c1-7-5-13-10(8(2)14(16)17-13)6-11-9(7)3-4-12(11)15/h3-4,7,9-11,13H,2,5-6H2,1H3/t7-,9-,10+,11-,13-/m1/s1. The van der Waals surface area contributed by atoms with Crippen LogP contribution in [0.4, 0.5) is 0 Å². The van der Waals surface area contributed by atoms with Crippen molar-refractivity contribution in [3.05, 3.63) is 24.3 Å². The van der Waals surface area contributed by atoms with Crippen molar-refractivity contribution in [1.29, 1.82) is 0 Å². The molecule has 1 heterocycles. The first-order chi connectivity index (χ1) is 8.08. The molecule has 3 rings (SSSR count). The number of carbonyl (C=O) groups excluding carboxylic acids is 2. The largest absolute Gasteiger partial charge is 0.458 e. The number of esters is 1. The zero-order valence-corrected chi connectivity index (χ0v) is 9.89. The van der Waals surface area contributed by atoms with Crippen LogP contribution in [0.2, 0.25) is 0 Å². The summed E-state index contributed by atoms with van der Waals surface area (Å²) in [6.45, 7) is 5.96. The average molecular weight is 232 g/mol. The molecule has 90 valence electrons. The van der Waals surface area contributed by atoms with Crippen molar-refractivity contribution in [3.63, 3.8) is 0 Å². The van der Waals surface area contributed by atoms with Gasteiger partial charge in [0.25, 0.3) is 0 Å². The van der Waals surface area contributed by atoms with Gasteiger partial charge < -0.3 is 4.74 Å². The topological polar surface area (TPSA) is 43.4 Å². The summed E-state index contributed by atoms with van der Waals surface area (Å²) in [5.74, 6) is 0.713. The fourth-order valence-corrected chi connectivity index (χ4v) is 3.49. The second-order valence-corrected chi connectivity index (χ2v) is 5.47. The summed E-state index contributed by atoms with van der Waals surface area (Å²) in [6.07, 6.45) is 5.23. The predicted octanol–water partition coefficient (Wildman–Crippen LogP) is 1.89. The van der Waals surface area contributed by atoms with Gasteiger partial charge in [-0.25, -0.2) is 4.79 Å². The van der Waals surface area contributed by atoms with E-state index in [0.717, 1.165) is 12.8 Å². The van der Waals surface area contributed by atoms with Crippen molar-refractivity contribution in [2.24, 2.45) is 23.7 Å². The normalized spacial score (nSPS) is 44.3. The lowest BCUT2D eigenvalue weighted by molar-refractivity contribution is -0.139. The summed E-state index contributed by atoms with van der Waals surface area (Å²) in [4.78, 5) is 23.4. The third kappa shape index (κ3) is 1.48. The van der Waals surface area contributed by atoms with E-state index >= 15 is 0 Å². The van der Waals surface area contributed by atoms with Gasteiger partial charge >= 0.3 is 5.97 Å². The molecule has 0 spiro atoms. The number of rotatable bonds is 0. The van der Waals surface area contributed by atoms with Gasteiger partial charge in [0.1, 0.15) is 6.10 Å². The predicted molar refractivity (Wildman–Crippen MR) is 62.0 cm³/mol. The first kappa shape index (κ1) is 10.8. The molecule has 0 amide bonds. The second-order valence-electron chi connectivity index (χ2n) is 5.47. The molecule has 2 aliphatic carbocycles. The molecule has 1 saturated heterocycles. The Morgan fingerprint density at radius 2 is 2.06 bits per heavy atom. The van der Waals surface area contributed by atoms with Crippen LogP contribution >= 0.6 is 0 Å². The fourth-order valence-electron chi connectivity index (χ4n) is 3.49. The van der Waals surface area contributed by atoms with Gasteiger partial charge in [0.05, 0.1) is 0 Å². The average Bonchev–Trinajstić information content (AvgIpc) is 2.71. The molecular weight excluding hydrogens is 216 g/mol. The number of ether oxygens (including phenoxy) is 1. The molecule has 17 heavy (non-hydrogen) atoms. The second kappa shape index (κ2) is 3.56. The van der Waals surface area contributed by atoms with E-state index < -0.39 is 0 Å². The number of carbonyl (C=O) groups is 2. The number of hydrogen-bond acceptors (Lipinski definition) is 3. The van der Waals surface area contributed by atoms with Crippen molar-refractivity contribution in [3.8, 4) is 0 Å². The van der Waals surface area contributed by atoms with Crippen LogP contribution in [-0.2, 0) is 14.3 Å². The smallest absolute Gasteiger partial charge is 0.334 e. The van der Waals surface area contributed by atoms with Crippen molar-refractivity contribution in [1.82, 2.24) is 0 Å². The Labute approximate surface area is 101 Å². The molecule has 0 aromatic heterocycles. The van der Waals surface area contributed by atoms with E-state index in [2.05, 4.69) is 13.5 Å². The van der Waals surface area contributed by atoms with Crippen LogP contribution in [0.5, 0.6) is 0 Å². The SMILES string of the molecule is C=C1C(=O)O[C@@H]2C[C@@H](C)[C@H]3C=CC(=O)[C@@H]3C[C@@H]12. The molecule has 3 heteroatoms. The molecule has 0 aromatic rings. The number of fused-ring (bicyclic) bond motifs is 2. The van der Waals surface area contributed by atoms with E-state index in [1.54, 1.807) is 6.08 Å². The van der Waals surface area contributed by atoms with Crippen LogP contribution in [0.25, 0.3) is 0 Å². The fraction of sp³-hybridized carbons (Fsp3) is 0.571. The third-order valence-corrected chi connectivity index (χ3v) is 4.50. The van der Waals surface area contributed by atoms with E-state index in [-0.39, 0.29) is 29.7 Å². The molecule has 0 unspecified atom stereocenters. The molecule has 0 N–H and O–H groups in total. The lowest BCUT2D eigenvalue weighted by atomic mass is 9.82. The maximum atomic E-state index is 11.8. The van der Waals surface area contributed by atoms with Gasteiger partial charge in [0.2, 0.25) is 0 Å². The van der Waals surface area contributed by atoms with Gasteiger partial charge in [-0.2, -0.15) is 0 Å². The first-order valence-corrected chi connectivity index (χ1v) is 6.19. The molecule has 0 aromatic carbocycles. The lowest BCUT2D eigenvalue weighted by Gasteiger charge is -2.21. The summed E-state index contributed by atoms with van der Waals surface area (Å²) < 4.78 is 5.35. The molecule has 5 atom stereocenters. The first-order valence-electron chi connectivity index (χ1n) is 6.19. The molecule has 1 aliphatic heterocycles. The van der Waals surface area contributed by atoms with E-state index in [1.807, 2.05) is 6.08 Å². The van der Waals surface area contributed by atoms with Crippen LogP contribution in [0, 0.1) is 23.7 Å². The highest BCUT2D eigenvalue weighted by molar-refractivity contribution is 5.95. The highest BCUT2D eigenvalue weighted by atomic mass is 16.6. The van der Waals surface area contributed by atoms with Gasteiger partial charge in [0, 0.05) is 17.4 Å². The lowest BCUT2D eigenvalue weighted by Crippen LogP contribution is -2.21. The summed E-state index contributed by atoms with van der Waals surface area (Å²) in [7, 11) is 0.